The van der Waals surface area contributed by atoms with E-state index in [1.165, 1.54) is 9.13 Å². The van der Waals surface area contributed by atoms with Crippen LogP contribution in [0.1, 0.15) is 37.1 Å². The average molecular weight is 420 g/mol. The summed E-state index contributed by atoms with van der Waals surface area (Å²) >= 11 is 14.3. The van der Waals surface area contributed by atoms with Gasteiger partial charge in [0.1, 0.15) is 0 Å². The Morgan fingerprint density at radius 2 is 1.40 bits per heavy atom. The van der Waals surface area contributed by atoms with Gasteiger partial charge in [0.2, 0.25) is 0 Å². The van der Waals surface area contributed by atoms with Crippen LogP contribution >= 0.6 is 45.8 Å². The predicted octanol–water partition coefficient (Wildman–Crippen LogP) is 6.01. The van der Waals surface area contributed by atoms with Crippen molar-refractivity contribution >= 4 is 45.8 Å². The third kappa shape index (κ3) is 4.10. The molecular formula is C16H16Cl2IN. The lowest BCUT2D eigenvalue weighted by molar-refractivity contribution is 0.494. The van der Waals surface area contributed by atoms with Gasteiger partial charge in [-0.15, -0.1) is 0 Å². The Balaban J connectivity index is 2.08. The molecule has 0 amide bonds. The summed E-state index contributed by atoms with van der Waals surface area (Å²) in [6.07, 6.45) is 0. The third-order valence-corrected chi connectivity index (χ3v) is 4.77. The van der Waals surface area contributed by atoms with Crippen molar-refractivity contribution in [2.75, 3.05) is 0 Å². The molecule has 0 aliphatic rings. The topological polar surface area (TPSA) is 12.0 Å². The lowest BCUT2D eigenvalue weighted by atomic mass is 10.0. The Kier molecular flexibility index (Phi) is 5.73. The molecule has 0 aliphatic carbocycles. The van der Waals surface area contributed by atoms with Gasteiger partial charge in [-0.05, 0) is 71.8 Å². The van der Waals surface area contributed by atoms with E-state index >= 15 is 0 Å². The minimum absolute atomic E-state index is 0.207. The number of hydrogen-bond donors (Lipinski definition) is 1. The molecule has 0 spiro atoms. The second kappa shape index (κ2) is 7.12. The molecule has 0 fully saturated rings. The van der Waals surface area contributed by atoms with Crippen molar-refractivity contribution in [2.24, 2.45) is 0 Å². The number of rotatable bonds is 4. The summed E-state index contributed by atoms with van der Waals surface area (Å²) in [7, 11) is 0. The summed E-state index contributed by atoms with van der Waals surface area (Å²) in [5.74, 6) is 0. The maximum absolute atomic E-state index is 6.07. The third-order valence-electron chi connectivity index (χ3n) is 3.31. The molecule has 0 aliphatic heterocycles. The zero-order valence-corrected chi connectivity index (χ0v) is 15.0. The smallest absolute Gasteiger partial charge is 0.0595 e. The van der Waals surface area contributed by atoms with Crippen LogP contribution in [-0.2, 0) is 0 Å². The van der Waals surface area contributed by atoms with Crippen molar-refractivity contribution < 1.29 is 0 Å². The summed E-state index contributed by atoms with van der Waals surface area (Å²) < 4.78 is 1.25. The number of halogens is 3. The van der Waals surface area contributed by atoms with Gasteiger partial charge >= 0.3 is 0 Å². The summed E-state index contributed by atoms with van der Waals surface area (Å²) in [4.78, 5) is 0. The first-order valence-corrected chi connectivity index (χ1v) is 8.27. The lowest BCUT2D eigenvalue weighted by Crippen LogP contribution is -2.22. The normalized spacial score (nSPS) is 14.1. The molecule has 0 saturated carbocycles. The van der Waals surface area contributed by atoms with Gasteiger partial charge in [0.05, 0.1) is 10.0 Å². The highest BCUT2D eigenvalue weighted by molar-refractivity contribution is 14.1. The monoisotopic (exact) mass is 419 g/mol. The fraction of sp³-hybridized carbons (Fsp3) is 0.250. The molecule has 0 saturated heterocycles. The second-order valence-corrected chi connectivity index (χ2v) is 6.90. The standard InChI is InChI=1S/C16H16Cl2IN/c1-10(12-3-6-14(19)7-4-12)20-11(2)13-5-8-15(17)16(18)9-13/h3-11,20H,1-2H3. The Labute approximate surface area is 143 Å². The van der Waals surface area contributed by atoms with Crippen LogP contribution in [0.2, 0.25) is 10.0 Å². The summed E-state index contributed by atoms with van der Waals surface area (Å²) in [5, 5.41) is 4.76. The van der Waals surface area contributed by atoms with E-state index in [0.29, 0.717) is 10.0 Å². The van der Waals surface area contributed by atoms with Gasteiger partial charge in [0.25, 0.3) is 0 Å². The molecule has 0 bridgehead atoms. The highest BCUT2D eigenvalue weighted by Gasteiger charge is 2.12. The van der Waals surface area contributed by atoms with Crippen LogP contribution in [0.25, 0.3) is 0 Å². The Morgan fingerprint density at radius 1 is 0.850 bits per heavy atom. The van der Waals surface area contributed by atoms with Crippen LogP contribution in [0, 0.1) is 3.57 Å². The van der Waals surface area contributed by atoms with Crippen molar-refractivity contribution in [1.82, 2.24) is 5.32 Å². The van der Waals surface area contributed by atoms with Crippen LogP contribution in [-0.4, -0.2) is 0 Å². The van der Waals surface area contributed by atoms with E-state index in [-0.39, 0.29) is 12.1 Å². The van der Waals surface area contributed by atoms with Gasteiger partial charge in [0.15, 0.2) is 0 Å². The fourth-order valence-corrected chi connectivity index (χ4v) is 2.77. The molecule has 2 atom stereocenters. The molecular weight excluding hydrogens is 404 g/mol. The molecule has 0 radical (unpaired) electrons. The Morgan fingerprint density at radius 3 is 2.00 bits per heavy atom. The maximum Gasteiger partial charge on any atom is 0.0595 e. The summed E-state index contributed by atoms with van der Waals surface area (Å²) in [6.45, 7) is 4.29. The van der Waals surface area contributed by atoms with Crippen molar-refractivity contribution in [3.63, 3.8) is 0 Å². The van der Waals surface area contributed by atoms with Crippen LogP contribution < -0.4 is 5.32 Å². The molecule has 4 heteroatoms. The van der Waals surface area contributed by atoms with E-state index in [0.717, 1.165) is 5.56 Å². The van der Waals surface area contributed by atoms with Crippen LogP contribution in [0.4, 0.5) is 0 Å². The molecule has 0 heterocycles. The van der Waals surface area contributed by atoms with Gasteiger partial charge in [-0.3, -0.25) is 0 Å². The first-order chi connectivity index (χ1) is 9.47. The Hall–Kier alpha value is -0.290. The van der Waals surface area contributed by atoms with E-state index in [2.05, 4.69) is 66.0 Å². The largest absolute Gasteiger partial charge is 0.304 e. The molecule has 2 aromatic carbocycles. The predicted molar refractivity (Wildman–Crippen MR) is 95.6 cm³/mol. The molecule has 2 rings (SSSR count). The summed E-state index contributed by atoms with van der Waals surface area (Å²) in [5.41, 5.74) is 2.41. The van der Waals surface area contributed by atoms with Crippen molar-refractivity contribution in [1.29, 1.82) is 0 Å². The van der Waals surface area contributed by atoms with E-state index in [1.54, 1.807) is 0 Å². The maximum atomic E-state index is 6.07. The molecule has 2 aromatic rings. The molecule has 1 nitrogen and oxygen atoms in total. The van der Waals surface area contributed by atoms with Gasteiger partial charge < -0.3 is 5.32 Å². The molecule has 106 valence electrons. The Bertz CT molecular complexity index is 584. The number of hydrogen-bond acceptors (Lipinski definition) is 1. The molecule has 1 N–H and O–H groups in total. The van der Waals surface area contributed by atoms with E-state index in [1.807, 2.05) is 18.2 Å². The van der Waals surface area contributed by atoms with Crippen LogP contribution in [0.15, 0.2) is 42.5 Å². The number of benzene rings is 2. The van der Waals surface area contributed by atoms with Gasteiger partial charge in [-0.2, -0.15) is 0 Å². The van der Waals surface area contributed by atoms with Crippen LogP contribution in [0.3, 0.4) is 0 Å². The van der Waals surface area contributed by atoms with Gasteiger partial charge in [-0.1, -0.05) is 41.4 Å². The average Bonchev–Trinajstić information content (AvgIpc) is 2.42. The van der Waals surface area contributed by atoms with Crippen LogP contribution in [0.5, 0.6) is 0 Å². The lowest BCUT2D eigenvalue weighted by Gasteiger charge is -2.21. The molecule has 20 heavy (non-hydrogen) atoms. The van der Waals surface area contributed by atoms with Gasteiger partial charge in [0, 0.05) is 15.7 Å². The fourth-order valence-electron chi connectivity index (χ4n) is 2.10. The first kappa shape index (κ1) is 16.1. The van der Waals surface area contributed by atoms with Gasteiger partial charge in [-0.25, -0.2) is 0 Å². The van der Waals surface area contributed by atoms with E-state index < -0.39 is 0 Å². The van der Waals surface area contributed by atoms with Crippen molar-refractivity contribution in [2.45, 2.75) is 25.9 Å². The van der Waals surface area contributed by atoms with E-state index in [4.69, 9.17) is 23.2 Å². The SMILES string of the molecule is CC(NC(C)c1ccc(Cl)c(Cl)c1)c1ccc(I)cc1. The highest BCUT2D eigenvalue weighted by atomic mass is 127. The highest BCUT2D eigenvalue weighted by Crippen LogP contribution is 2.27. The van der Waals surface area contributed by atoms with E-state index in [9.17, 15) is 0 Å². The minimum atomic E-state index is 0.207. The zero-order chi connectivity index (χ0) is 14.7. The van der Waals surface area contributed by atoms with Crippen molar-refractivity contribution in [3.05, 3.63) is 67.2 Å². The second-order valence-electron chi connectivity index (χ2n) is 4.84. The minimum Gasteiger partial charge on any atom is -0.304 e. The first-order valence-electron chi connectivity index (χ1n) is 6.44. The molecule has 2 unspecified atom stereocenters. The number of nitrogens with one attached hydrogen (secondary N) is 1. The zero-order valence-electron chi connectivity index (χ0n) is 11.3. The summed E-state index contributed by atoms with van der Waals surface area (Å²) in [6, 6.07) is 14.8. The quantitative estimate of drug-likeness (QED) is 0.598. The molecule has 0 aromatic heterocycles. The van der Waals surface area contributed by atoms with Crippen molar-refractivity contribution in [3.8, 4) is 0 Å².